The number of nitrogen functional groups attached to an aromatic ring is 1. The standard InChI is InChI=1S/C11H11Cl2N3/c1-6-10(11(14)15-16(6)2)7-3-4-8(12)9(13)5-7/h3-5H,1-2H3,(H2,14,15). The van der Waals surface area contributed by atoms with Crippen LogP contribution in [0.1, 0.15) is 5.69 Å². The van der Waals surface area contributed by atoms with Gasteiger partial charge in [-0.3, -0.25) is 4.68 Å². The zero-order valence-corrected chi connectivity index (χ0v) is 10.5. The van der Waals surface area contributed by atoms with Crippen molar-refractivity contribution < 1.29 is 0 Å². The number of benzene rings is 1. The Morgan fingerprint density at radius 3 is 2.44 bits per heavy atom. The molecule has 0 aliphatic rings. The highest BCUT2D eigenvalue weighted by atomic mass is 35.5. The Morgan fingerprint density at radius 2 is 1.94 bits per heavy atom. The first-order valence-corrected chi connectivity index (χ1v) is 5.51. The Bertz CT molecular complexity index is 546. The van der Waals surface area contributed by atoms with Crippen LogP contribution in [-0.2, 0) is 7.05 Å². The van der Waals surface area contributed by atoms with Crippen LogP contribution in [0, 0.1) is 6.92 Å². The van der Waals surface area contributed by atoms with Crippen LogP contribution in [0.2, 0.25) is 10.0 Å². The lowest BCUT2D eigenvalue weighted by atomic mass is 10.1. The zero-order valence-electron chi connectivity index (χ0n) is 8.96. The molecule has 0 bridgehead atoms. The van der Waals surface area contributed by atoms with E-state index in [1.54, 1.807) is 16.8 Å². The number of anilines is 1. The third-order valence-corrected chi connectivity index (χ3v) is 3.31. The van der Waals surface area contributed by atoms with Crippen molar-refractivity contribution in [3.8, 4) is 11.1 Å². The molecule has 2 N–H and O–H groups in total. The van der Waals surface area contributed by atoms with Crippen molar-refractivity contribution in [1.29, 1.82) is 0 Å². The van der Waals surface area contributed by atoms with Crippen LogP contribution in [-0.4, -0.2) is 9.78 Å². The number of hydrogen-bond donors (Lipinski definition) is 1. The highest BCUT2D eigenvalue weighted by molar-refractivity contribution is 6.42. The fourth-order valence-corrected chi connectivity index (χ4v) is 1.94. The maximum absolute atomic E-state index is 5.98. The zero-order chi connectivity index (χ0) is 11.9. The van der Waals surface area contributed by atoms with Crippen molar-refractivity contribution >= 4 is 29.0 Å². The quantitative estimate of drug-likeness (QED) is 0.850. The summed E-state index contributed by atoms with van der Waals surface area (Å²) in [6.07, 6.45) is 0. The molecule has 1 heterocycles. The van der Waals surface area contributed by atoms with Gasteiger partial charge in [-0.2, -0.15) is 5.10 Å². The molecule has 1 aromatic heterocycles. The highest BCUT2D eigenvalue weighted by Gasteiger charge is 2.13. The molecular weight excluding hydrogens is 245 g/mol. The second-order valence-electron chi connectivity index (χ2n) is 3.60. The number of aromatic nitrogens is 2. The maximum atomic E-state index is 5.98. The molecule has 0 aliphatic carbocycles. The summed E-state index contributed by atoms with van der Waals surface area (Å²) in [6.45, 7) is 1.96. The van der Waals surface area contributed by atoms with Gasteiger partial charge in [0.1, 0.15) is 0 Å². The molecule has 0 spiro atoms. The molecule has 84 valence electrons. The molecule has 2 rings (SSSR count). The summed E-state index contributed by atoms with van der Waals surface area (Å²) in [5.74, 6) is 0.499. The Hall–Kier alpha value is -1.19. The summed E-state index contributed by atoms with van der Waals surface area (Å²) >= 11 is 11.8. The van der Waals surface area contributed by atoms with Gasteiger partial charge in [0.15, 0.2) is 5.82 Å². The van der Waals surface area contributed by atoms with Crippen molar-refractivity contribution in [3.63, 3.8) is 0 Å². The van der Waals surface area contributed by atoms with Gasteiger partial charge in [0.25, 0.3) is 0 Å². The minimum atomic E-state index is 0.499. The average molecular weight is 256 g/mol. The van der Waals surface area contributed by atoms with Crippen LogP contribution in [0.3, 0.4) is 0 Å². The van der Waals surface area contributed by atoms with Gasteiger partial charge < -0.3 is 5.73 Å². The summed E-state index contributed by atoms with van der Waals surface area (Å²) in [6, 6.07) is 5.43. The summed E-state index contributed by atoms with van der Waals surface area (Å²) in [7, 11) is 1.85. The predicted molar refractivity (Wildman–Crippen MR) is 67.8 cm³/mol. The van der Waals surface area contributed by atoms with Gasteiger partial charge in [0, 0.05) is 18.3 Å². The van der Waals surface area contributed by atoms with Crippen molar-refractivity contribution in [2.75, 3.05) is 5.73 Å². The van der Waals surface area contributed by atoms with E-state index >= 15 is 0 Å². The molecule has 0 unspecified atom stereocenters. The van der Waals surface area contributed by atoms with Gasteiger partial charge in [-0.15, -0.1) is 0 Å². The van der Waals surface area contributed by atoms with E-state index in [9.17, 15) is 0 Å². The third kappa shape index (κ3) is 1.77. The Balaban J connectivity index is 2.63. The first-order chi connectivity index (χ1) is 7.50. The first kappa shape index (κ1) is 11.3. The van der Waals surface area contributed by atoms with E-state index in [2.05, 4.69) is 5.10 Å². The van der Waals surface area contributed by atoms with Crippen LogP contribution in [0.4, 0.5) is 5.82 Å². The molecule has 0 atom stereocenters. The lowest BCUT2D eigenvalue weighted by Crippen LogP contribution is -1.93. The van der Waals surface area contributed by atoms with E-state index in [0.717, 1.165) is 16.8 Å². The van der Waals surface area contributed by atoms with Crippen molar-refractivity contribution in [2.24, 2.45) is 7.05 Å². The fourth-order valence-electron chi connectivity index (χ4n) is 1.64. The first-order valence-electron chi connectivity index (χ1n) is 4.75. The Labute approximate surface area is 104 Å². The average Bonchev–Trinajstić information content (AvgIpc) is 2.47. The number of nitrogens with zero attached hydrogens (tertiary/aromatic N) is 2. The van der Waals surface area contributed by atoms with Crippen LogP contribution >= 0.6 is 23.2 Å². The van der Waals surface area contributed by atoms with Crippen molar-refractivity contribution in [1.82, 2.24) is 9.78 Å². The Kier molecular flexibility index (Phi) is 2.82. The highest BCUT2D eigenvalue weighted by Crippen LogP contribution is 2.33. The molecule has 3 nitrogen and oxygen atoms in total. The van der Waals surface area contributed by atoms with Gasteiger partial charge >= 0.3 is 0 Å². The molecular formula is C11H11Cl2N3. The van der Waals surface area contributed by atoms with E-state index < -0.39 is 0 Å². The summed E-state index contributed by atoms with van der Waals surface area (Å²) < 4.78 is 1.74. The van der Waals surface area contributed by atoms with Crippen LogP contribution in [0.5, 0.6) is 0 Å². The normalized spacial score (nSPS) is 10.8. The van der Waals surface area contributed by atoms with Crippen LogP contribution < -0.4 is 5.73 Å². The molecule has 16 heavy (non-hydrogen) atoms. The van der Waals surface area contributed by atoms with E-state index in [0.29, 0.717) is 15.9 Å². The number of rotatable bonds is 1. The topological polar surface area (TPSA) is 43.8 Å². The second-order valence-corrected chi connectivity index (χ2v) is 4.41. The van der Waals surface area contributed by atoms with E-state index in [4.69, 9.17) is 28.9 Å². The fraction of sp³-hybridized carbons (Fsp3) is 0.182. The van der Waals surface area contributed by atoms with E-state index in [-0.39, 0.29) is 0 Å². The number of hydrogen-bond acceptors (Lipinski definition) is 2. The number of nitrogens with two attached hydrogens (primary N) is 1. The van der Waals surface area contributed by atoms with Crippen molar-refractivity contribution in [3.05, 3.63) is 33.9 Å². The lowest BCUT2D eigenvalue weighted by molar-refractivity contribution is 0.744. The van der Waals surface area contributed by atoms with E-state index in [1.807, 2.05) is 20.0 Å². The van der Waals surface area contributed by atoms with Crippen molar-refractivity contribution in [2.45, 2.75) is 6.92 Å². The van der Waals surface area contributed by atoms with E-state index in [1.165, 1.54) is 0 Å². The summed E-state index contributed by atoms with van der Waals surface area (Å²) in [5.41, 5.74) is 8.68. The van der Waals surface area contributed by atoms with Crippen LogP contribution in [0.25, 0.3) is 11.1 Å². The van der Waals surface area contributed by atoms with Gasteiger partial charge in [-0.25, -0.2) is 0 Å². The smallest absolute Gasteiger partial charge is 0.153 e. The summed E-state index contributed by atoms with van der Waals surface area (Å²) in [5, 5.41) is 5.21. The molecule has 0 saturated carbocycles. The number of aryl methyl sites for hydroxylation is 1. The maximum Gasteiger partial charge on any atom is 0.153 e. The van der Waals surface area contributed by atoms with Crippen LogP contribution in [0.15, 0.2) is 18.2 Å². The minimum Gasteiger partial charge on any atom is -0.382 e. The number of halogens is 2. The Morgan fingerprint density at radius 1 is 1.25 bits per heavy atom. The van der Waals surface area contributed by atoms with Gasteiger partial charge in [-0.1, -0.05) is 29.3 Å². The molecule has 1 aromatic carbocycles. The van der Waals surface area contributed by atoms with Gasteiger partial charge in [0.05, 0.1) is 10.0 Å². The second kappa shape index (κ2) is 4.00. The summed E-state index contributed by atoms with van der Waals surface area (Å²) in [4.78, 5) is 0. The SMILES string of the molecule is Cc1c(-c2ccc(Cl)c(Cl)c2)c(N)nn1C. The molecule has 0 aliphatic heterocycles. The largest absolute Gasteiger partial charge is 0.382 e. The molecule has 5 heteroatoms. The lowest BCUT2D eigenvalue weighted by Gasteiger charge is -2.03. The predicted octanol–water partition coefficient (Wildman–Crippen LogP) is 3.28. The monoisotopic (exact) mass is 255 g/mol. The van der Waals surface area contributed by atoms with Gasteiger partial charge in [-0.05, 0) is 24.6 Å². The third-order valence-electron chi connectivity index (χ3n) is 2.57. The molecule has 0 saturated heterocycles. The molecule has 0 fully saturated rings. The minimum absolute atomic E-state index is 0.499. The molecule has 0 amide bonds. The molecule has 0 radical (unpaired) electrons. The molecule has 2 aromatic rings. The van der Waals surface area contributed by atoms with Gasteiger partial charge in [0.2, 0.25) is 0 Å².